The van der Waals surface area contributed by atoms with Crippen LogP contribution in [0.3, 0.4) is 0 Å². The van der Waals surface area contributed by atoms with Gasteiger partial charge in [-0.2, -0.15) is 22.0 Å². The first kappa shape index (κ1) is 11.9. The molecule has 2 nitrogen and oxygen atoms in total. The molecule has 0 saturated heterocycles. The number of carbonyl (C=O) groups excluding carboxylic acids is 1. The standard InChI is InChI=1S/C6H5F5O2/c1-13-4(12)2-3-5(7,8)6(9,10)11/h2-3H,1H3. The maximum absolute atomic E-state index is 12.0. The van der Waals surface area contributed by atoms with Crippen molar-refractivity contribution in [1.82, 2.24) is 0 Å². The summed E-state index contributed by atoms with van der Waals surface area (Å²) in [5.74, 6) is -6.29. The predicted molar refractivity (Wildman–Crippen MR) is 32.2 cm³/mol. The fraction of sp³-hybridized carbons (Fsp3) is 0.500. The molecule has 0 aromatic heterocycles. The van der Waals surface area contributed by atoms with Crippen LogP contribution in [0.5, 0.6) is 0 Å². The minimum absolute atomic E-state index is 0.0213. The Morgan fingerprint density at radius 2 is 1.69 bits per heavy atom. The highest BCUT2D eigenvalue weighted by Crippen LogP contribution is 2.36. The van der Waals surface area contributed by atoms with Gasteiger partial charge in [0.1, 0.15) is 0 Å². The van der Waals surface area contributed by atoms with Crippen LogP contribution in [0.2, 0.25) is 0 Å². The van der Waals surface area contributed by atoms with Gasteiger partial charge in [0, 0.05) is 12.2 Å². The third-order valence-electron chi connectivity index (χ3n) is 1.01. The predicted octanol–water partition coefficient (Wildman–Crippen LogP) is 1.91. The number of rotatable bonds is 2. The monoisotopic (exact) mass is 204 g/mol. The Kier molecular flexibility index (Phi) is 3.39. The van der Waals surface area contributed by atoms with E-state index in [0.29, 0.717) is 0 Å². The summed E-state index contributed by atoms with van der Waals surface area (Å²) in [5, 5.41) is 0. The summed E-state index contributed by atoms with van der Waals surface area (Å²) in [6.45, 7) is 0. The van der Waals surface area contributed by atoms with E-state index in [-0.39, 0.29) is 6.08 Å². The van der Waals surface area contributed by atoms with Crippen LogP contribution in [-0.4, -0.2) is 25.2 Å². The fourth-order valence-electron chi connectivity index (χ4n) is 0.335. The zero-order valence-corrected chi connectivity index (χ0v) is 6.36. The van der Waals surface area contributed by atoms with E-state index in [0.717, 1.165) is 7.11 Å². The summed E-state index contributed by atoms with van der Waals surface area (Å²) in [5.41, 5.74) is 0. The third-order valence-corrected chi connectivity index (χ3v) is 1.01. The van der Waals surface area contributed by atoms with E-state index in [1.54, 1.807) is 0 Å². The molecule has 0 amide bonds. The summed E-state index contributed by atoms with van der Waals surface area (Å²) >= 11 is 0. The number of halogens is 5. The van der Waals surface area contributed by atoms with Crippen LogP contribution in [0.4, 0.5) is 22.0 Å². The number of alkyl halides is 5. The molecule has 0 heterocycles. The Bertz CT molecular complexity index is 218. The Hall–Kier alpha value is -1.14. The highest BCUT2D eigenvalue weighted by atomic mass is 19.4. The number of hydrogen-bond acceptors (Lipinski definition) is 2. The van der Waals surface area contributed by atoms with Crippen LogP contribution < -0.4 is 0 Å². The normalized spacial score (nSPS) is 13.4. The lowest BCUT2D eigenvalue weighted by Crippen LogP contribution is -2.34. The van der Waals surface area contributed by atoms with E-state index in [2.05, 4.69) is 4.74 Å². The first-order chi connectivity index (χ1) is 5.70. The molecule has 0 saturated carbocycles. The topological polar surface area (TPSA) is 26.3 Å². The molecule has 0 aromatic carbocycles. The fourth-order valence-corrected chi connectivity index (χ4v) is 0.335. The maximum Gasteiger partial charge on any atom is 0.457 e. The maximum atomic E-state index is 12.0. The van der Waals surface area contributed by atoms with Gasteiger partial charge in [0.25, 0.3) is 0 Å². The molecule has 76 valence electrons. The SMILES string of the molecule is COC(=O)C=CC(F)(F)C(F)(F)F. The van der Waals surface area contributed by atoms with E-state index in [4.69, 9.17) is 0 Å². The summed E-state index contributed by atoms with van der Waals surface area (Å²) in [7, 11) is 0.860. The molecule has 0 bridgehead atoms. The first-order valence-corrected chi connectivity index (χ1v) is 2.92. The molecule has 7 heteroatoms. The molecule has 0 N–H and O–H groups in total. The van der Waals surface area contributed by atoms with Crippen LogP contribution in [0.15, 0.2) is 12.2 Å². The zero-order chi connectivity index (χ0) is 10.7. The number of allylic oxidation sites excluding steroid dienone is 1. The average molecular weight is 204 g/mol. The van der Waals surface area contributed by atoms with E-state index >= 15 is 0 Å². The van der Waals surface area contributed by atoms with Crippen LogP contribution >= 0.6 is 0 Å². The van der Waals surface area contributed by atoms with Gasteiger partial charge in [0.05, 0.1) is 7.11 Å². The van der Waals surface area contributed by atoms with Gasteiger partial charge in [0.2, 0.25) is 0 Å². The quantitative estimate of drug-likeness (QED) is 0.390. The number of ether oxygens (including phenoxy) is 1. The van der Waals surface area contributed by atoms with Crippen molar-refractivity contribution in [3.63, 3.8) is 0 Å². The minimum Gasteiger partial charge on any atom is -0.466 e. The summed E-state index contributed by atoms with van der Waals surface area (Å²) in [6, 6.07) is 0. The number of hydrogen-bond donors (Lipinski definition) is 0. The molecular weight excluding hydrogens is 199 g/mol. The molecule has 0 atom stereocenters. The van der Waals surface area contributed by atoms with Crippen molar-refractivity contribution in [3.05, 3.63) is 12.2 Å². The molecule has 0 aliphatic heterocycles. The van der Waals surface area contributed by atoms with Gasteiger partial charge in [-0.3, -0.25) is 0 Å². The Labute approximate surface area is 70.0 Å². The molecule has 0 aromatic rings. The molecule has 0 aliphatic carbocycles. The van der Waals surface area contributed by atoms with Crippen LogP contribution in [0.25, 0.3) is 0 Å². The van der Waals surface area contributed by atoms with Crippen LogP contribution in [0, 0.1) is 0 Å². The van der Waals surface area contributed by atoms with Gasteiger partial charge in [-0.1, -0.05) is 0 Å². The smallest absolute Gasteiger partial charge is 0.457 e. The molecule has 0 spiro atoms. The largest absolute Gasteiger partial charge is 0.466 e. The number of carbonyl (C=O) groups is 1. The van der Waals surface area contributed by atoms with E-state index in [1.165, 1.54) is 0 Å². The molecule has 0 aliphatic rings. The Morgan fingerprint density at radius 3 is 2.00 bits per heavy atom. The van der Waals surface area contributed by atoms with Crippen molar-refractivity contribution in [2.45, 2.75) is 12.1 Å². The van der Waals surface area contributed by atoms with Gasteiger partial charge >= 0.3 is 18.1 Å². The lowest BCUT2D eigenvalue weighted by molar-refractivity contribution is -0.259. The van der Waals surface area contributed by atoms with E-state index in [1.807, 2.05) is 0 Å². The molecule has 0 unspecified atom stereocenters. The van der Waals surface area contributed by atoms with Gasteiger partial charge in [-0.05, 0) is 0 Å². The Morgan fingerprint density at radius 1 is 1.23 bits per heavy atom. The second-order valence-electron chi connectivity index (χ2n) is 1.98. The van der Waals surface area contributed by atoms with Gasteiger partial charge in [-0.15, -0.1) is 0 Å². The van der Waals surface area contributed by atoms with Crippen molar-refractivity contribution in [3.8, 4) is 0 Å². The first-order valence-electron chi connectivity index (χ1n) is 2.92. The minimum atomic E-state index is -5.70. The third kappa shape index (κ3) is 3.39. The van der Waals surface area contributed by atoms with Crippen molar-refractivity contribution >= 4 is 5.97 Å². The van der Waals surface area contributed by atoms with Gasteiger partial charge < -0.3 is 4.74 Å². The van der Waals surface area contributed by atoms with E-state index < -0.39 is 24.1 Å². The zero-order valence-electron chi connectivity index (χ0n) is 6.36. The molecule has 13 heavy (non-hydrogen) atoms. The highest BCUT2D eigenvalue weighted by molar-refractivity contribution is 5.81. The second-order valence-corrected chi connectivity index (χ2v) is 1.98. The van der Waals surface area contributed by atoms with Crippen molar-refractivity contribution in [2.75, 3.05) is 7.11 Å². The average Bonchev–Trinajstić information content (AvgIpc) is 1.98. The molecule has 0 radical (unpaired) electrons. The van der Waals surface area contributed by atoms with Crippen molar-refractivity contribution in [1.29, 1.82) is 0 Å². The summed E-state index contributed by atoms with van der Waals surface area (Å²) < 4.78 is 62.2. The lowest BCUT2D eigenvalue weighted by atomic mass is 10.3. The van der Waals surface area contributed by atoms with Crippen molar-refractivity contribution < 1.29 is 31.5 Å². The second kappa shape index (κ2) is 3.71. The highest BCUT2D eigenvalue weighted by Gasteiger charge is 2.55. The summed E-state index contributed by atoms with van der Waals surface area (Å²) in [4.78, 5) is 10.2. The van der Waals surface area contributed by atoms with E-state index in [9.17, 15) is 26.7 Å². The van der Waals surface area contributed by atoms with Crippen LogP contribution in [-0.2, 0) is 9.53 Å². The summed E-state index contributed by atoms with van der Waals surface area (Å²) in [6.07, 6.45) is -6.23. The van der Waals surface area contributed by atoms with Crippen LogP contribution in [0.1, 0.15) is 0 Å². The Balaban J connectivity index is 4.51. The molecule has 0 fully saturated rings. The number of methoxy groups -OCH3 is 1. The molecule has 0 rings (SSSR count). The molecular formula is C6H5F5O2. The van der Waals surface area contributed by atoms with Gasteiger partial charge in [0.15, 0.2) is 0 Å². The van der Waals surface area contributed by atoms with Crippen molar-refractivity contribution in [2.24, 2.45) is 0 Å². The van der Waals surface area contributed by atoms with Gasteiger partial charge in [-0.25, -0.2) is 4.79 Å². The lowest BCUT2D eigenvalue weighted by Gasteiger charge is -2.14. The number of esters is 1.